The maximum atomic E-state index is 11.1. The molecule has 1 N–H and O–H groups in total. The van der Waals surface area contributed by atoms with Gasteiger partial charge in [0, 0.05) is 19.4 Å². The molecule has 4 nitrogen and oxygen atoms in total. The molecule has 0 bridgehead atoms. The van der Waals surface area contributed by atoms with Gasteiger partial charge in [-0.3, -0.25) is 0 Å². The molecule has 0 radical (unpaired) electrons. The van der Waals surface area contributed by atoms with E-state index in [0.29, 0.717) is 19.6 Å². The van der Waals surface area contributed by atoms with Gasteiger partial charge in [-0.1, -0.05) is 43.3 Å². The van der Waals surface area contributed by atoms with E-state index in [1.807, 2.05) is 24.3 Å². The van der Waals surface area contributed by atoms with Gasteiger partial charge < -0.3 is 14.6 Å². The van der Waals surface area contributed by atoms with Crippen LogP contribution in [0.2, 0.25) is 0 Å². The van der Waals surface area contributed by atoms with E-state index in [-0.39, 0.29) is 0 Å². The fourth-order valence-electron chi connectivity index (χ4n) is 2.58. The number of aryl methyl sites for hydroxylation is 1. The Kier molecular flexibility index (Phi) is 7.48. The standard InChI is InChI=1S/C21H26O4/c1-3-16-5-7-17(8-6-16)13-14-25-19-11-9-18(10-12-19)15-20(21(22)23)24-4-2/h5-12,20H,3-4,13-15H2,1-2H3,(H,22,23). The first-order chi connectivity index (χ1) is 12.1. The first-order valence-electron chi connectivity index (χ1n) is 8.76. The van der Waals surface area contributed by atoms with Crippen LogP contribution in [0.4, 0.5) is 0 Å². The van der Waals surface area contributed by atoms with Crippen LogP contribution in [0.3, 0.4) is 0 Å². The van der Waals surface area contributed by atoms with Crippen molar-refractivity contribution in [2.24, 2.45) is 0 Å². The van der Waals surface area contributed by atoms with Crippen molar-refractivity contribution in [3.8, 4) is 5.75 Å². The van der Waals surface area contributed by atoms with E-state index in [0.717, 1.165) is 24.2 Å². The Morgan fingerprint density at radius 1 is 0.960 bits per heavy atom. The van der Waals surface area contributed by atoms with Crippen molar-refractivity contribution < 1.29 is 19.4 Å². The minimum Gasteiger partial charge on any atom is -0.493 e. The highest BCUT2D eigenvalue weighted by atomic mass is 16.5. The van der Waals surface area contributed by atoms with Crippen molar-refractivity contribution in [1.82, 2.24) is 0 Å². The third-order valence-electron chi connectivity index (χ3n) is 4.08. The number of hydrogen-bond acceptors (Lipinski definition) is 3. The monoisotopic (exact) mass is 342 g/mol. The van der Waals surface area contributed by atoms with Crippen molar-refractivity contribution in [1.29, 1.82) is 0 Å². The second-order valence-electron chi connectivity index (χ2n) is 5.90. The van der Waals surface area contributed by atoms with Gasteiger partial charge in [0.15, 0.2) is 6.10 Å². The van der Waals surface area contributed by atoms with E-state index >= 15 is 0 Å². The average molecular weight is 342 g/mol. The normalized spacial score (nSPS) is 11.9. The minimum absolute atomic E-state index is 0.354. The first kappa shape index (κ1) is 19.0. The topological polar surface area (TPSA) is 55.8 Å². The lowest BCUT2D eigenvalue weighted by Crippen LogP contribution is -2.26. The predicted molar refractivity (Wildman–Crippen MR) is 98.2 cm³/mol. The molecule has 2 aromatic carbocycles. The molecule has 0 amide bonds. The number of rotatable bonds is 10. The minimum atomic E-state index is -0.934. The van der Waals surface area contributed by atoms with E-state index < -0.39 is 12.1 Å². The van der Waals surface area contributed by atoms with Crippen LogP contribution in [0.1, 0.15) is 30.5 Å². The lowest BCUT2D eigenvalue weighted by molar-refractivity contribution is -0.149. The lowest BCUT2D eigenvalue weighted by Gasteiger charge is -2.13. The van der Waals surface area contributed by atoms with Gasteiger partial charge in [-0.05, 0) is 42.2 Å². The number of hydrogen-bond donors (Lipinski definition) is 1. The van der Waals surface area contributed by atoms with E-state index in [1.165, 1.54) is 11.1 Å². The van der Waals surface area contributed by atoms with E-state index in [4.69, 9.17) is 14.6 Å². The highest BCUT2D eigenvalue weighted by Gasteiger charge is 2.17. The fourth-order valence-corrected chi connectivity index (χ4v) is 2.58. The second-order valence-corrected chi connectivity index (χ2v) is 5.90. The van der Waals surface area contributed by atoms with Gasteiger partial charge in [-0.25, -0.2) is 4.79 Å². The van der Waals surface area contributed by atoms with Crippen LogP contribution in [0, 0.1) is 0 Å². The maximum Gasteiger partial charge on any atom is 0.333 e. The van der Waals surface area contributed by atoms with Gasteiger partial charge in [-0.15, -0.1) is 0 Å². The summed E-state index contributed by atoms with van der Waals surface area (Å²) in [6.45, 7) is 4.94. The van der Waals surface area contributed by atoms with Gasteiger partial charge in [0.05, 0.1) is 6.61 Å². The smallest absolute Gasteiger partial charge is 0.333 e. The van der Waals surface area contributed by atoms with Crippen LogP contribution in [-0.2, 0) is 28.8 Å². The van der Waals surface area contributed by atoms with Gasteiger partial charge in [-0.2, -0.15) is 0 Å². The zero-order chi connectivity index (χ0) is 18.1. The Hall–Kier alpha value is -2.33. The molecule has 2 rings (SSSR count). The molecule has 0 heterocycles. The van der Waals surface area contributed by atoms with Crippen molar-refractivity contribution in [2.45, 2.75) is 39.2 Å². The van der Waals surface area contributed by atoms with Gasteiger partial charge in [0.25, 0.3) is 0 Å². The number of carbonyl (C=O) groups is 1. The van der Waals surface area contributed by atoms with Crippen LogP contribution in [-0.4, -0.2) is 30.4 Å². The van der Waals surface area contributed by atoms with Crippen molar-refractivity contribution in [3.05, 3.63) is 65.2 Å². The summed E-state index contributed by atoms with van der Waals surface area (Å²) in [6, 6.07) is 16.1. The summed E-state index contributed by atoms with van der Waals surface area (Å²) in [6.07, 6.45) is 1.46. The molecule has 0 saturated heterocycles. The SMILES string of the molecule is CCOC(Cc1ccc(OCCc2ccc(CC)cc2)cc1)C(=O)O. The lowest BCUT2D eigenvalue weighted by atomic mass is 10.1. The van der Waals surface area contributed by atoms with Gasteiger partial charge in [0.1, 0.15) is 5.75 Å². The van der Waals surface area contributed by atoms with Crippen LogP contribution >= 0.6 is 0 Å². The van der Waals surface area contributed by atoms with Crippen molar-refractivity contribution in [3.63, 3.8) is 0 Å². The number of carboxylic acid groups (broad SMARTS) is 1. The Balaban J connectivity index is 1.82. The quantitative estimate of drug-likeness (QED) is 0.711. The van der Waals surface area contributed by atoms with E-state index in [9.17, 15) is 4.79 Å². The third kappa shape index (κ3) is 6.24. The first-order valence-corrected chi connectivity index (χ1v) is 8.76. The Labute approximate surface area is 149 Å². The summed E-state index contributed by atoms with van der Waals surface area (Å²) in [5.74, 6) is -0.145. The molecular weight excluding hydrogens is 316 g/mol. The van der Waals surface area contributed by atoms with E-state index in [2.05, 4.69) is 31.2 Å². The van der Waals surface area contributed by atoms with Crippen molar-refractivity contribution in [2.75, 3.05) is 13.2 Å². The zero-order valence-corrected chi connectivity index (χ0v) is 14.9. The number of carboxylic acids is 1. The molecule has 25 heavy (non-hydrogen) atoms. The summed E-state index contributed by atoms with van der Waals surface area (Å²) >= 11 is 0. The molecule has 1 atom stereocenters. The Morgan fingerprint density at radius 2 is 1.56 bits per heavy atom. The van der Waals surface area contributed by atoms with Crippen LogP contribution in [0.15, 0.2) is 48.5 Å². The maximum absolute atomic E-state index is 11.1. The molecular formula is C21H26O4. The molecule has 0 aliphatic heterocycles. The second kappa shape index (κ2) is 9.84. The average Bonchev–Trinajstić information content (AvgIpc) is 2.63. The zero-order valence-electron chi connectivity index (χ0n) is 14.9. The van der Waals surface area contributed by atoms with Crippen LogP contribution < -0.4 is 4.74 Å². The van der Waals surface area contributed by atoms with Crippen molar-refractivity contribution >= 4 is 5.97 Å². The Bertz CT molecular complexity index is 647. The third-order valence-corrected chi connectivity index (χ3v) is 4.08. The number of aliphatic carboxylic acids is 1. The molecule has 2 aromatic rings. The van der Waals surface area contributed by atoms with E-state index in [1.54, 1.807) is 6.92 Å². The summed E-state index contributed by atoms with van der Waals surface area (Å²) in [7, 11) is 0. The summed E-state index contributed by atoms with van der Waals surface area (Å²) in [4.78, 5) is 11.1. The molecule has 0 aliphatic carbocycles. The molecule has 4 heteroatoms. The molecule has 0 aromatic heterocycles. The molecule has 0 fully saturated rings. The summed E-state index contributed by atoms with van der Waals surface area (Å²) in [5, 5.41) is 9.13. The molecule has 0 saturated carbocycles. The molecule has 1 unspecified atom stereocenters. The Morgan fingerprint density at radius 3 is 2.12 bits per heavy atom. The molecule has 0 aliphatic rings. The molecule has 0 spiro atoms. The highest BCUT2D eigenvalue weighted by Crippen LogP contribution is 2.15. The van der Waals surface area contributed by atoms with Gasteiger partial charge in [0.2, 0.25) is 0 Å². The number of benzene rings is 2. The van der Waals surface area contributed by atoms with Gasteiger partial charge >= 0.3 is 5.97 Å². The molecule has 134 valence electrons. The highest BCUT2D eigenvalue weighted by molar-refractivity contribution is 5.72. The number of ether oxygens (including phenoxy) is 2. The largest absolute Gasteiger partial charge is 0.493 e. The fraction of sp³-hybridized carbons (Fsp3) is 0.381. The summed E-state index contributed by atoms with van der Waals surface area (Å²) in [5.41, 5.74) is 3.52. The summed E-state index contributed by atoms with van der Waals surface area (Å²) < 4.78 is 11.0. The van der Waals surface area contributed by atoms with Crippen LogP contribution in [0.5, 0.6) is 5.75 Å². The van der Waals surface area contributed by atoms with Crippen LogP contribution in [0.25, 0.3) is 0 Å². The predicted octanol–water partition coefficient (Wildman–Crippen LogP) is 3.90.